The smallest absolute Gasteiger partial charge is 0.417 e. The molecule has 2 N–H and O–H groups in total. The van der Waals surface area contributed by atoms with E-state index in [1.807, 2.05) is 0 Å². The fourth-order valence-corrected chi connectivity index (χ4v) is 4.11. The molecule has 1 amide bonds. The van der Waals surface area contributed by atoms with Crippen LogP contribution in [0.25, 0.3) is 0 Å². The number of nitrogens with zero attached hydrogens (tertiary/aromatic N) is 2. The molecule has 2 aromatic rings. The number of amides is 1. The summed E-state index contributed by atoms with van der Waals surface area (Å²) < 4.78 is 94.4. The minimum atomic E-state index is -4.95. The number of methoxy groups -OCH3 is 1. The predicted octanol–water partition coefficient (Wildman–Crippen LogP) is 3.58. The zero-order valence-electron chi connectivity index (χ0n) is 18.7. The topological polar surface area (TPSA) is 93.3 Å². The van der Waals surface area contributed by atoms with Gasteiger partial charge >= 0.3 is 6.18 Å². The van der Waals surface area contributed by atoms with E-state index in [4.69, 9.17) is 14.6 Å². The summed E-state index contributed by atoms with van der Waals surface area (Å²) in [4.78, 5) is 16.8. The number of hydrogen-bond donors (Lipinski definition) is 2. The van der Waals surface area contributed by atoms with E-state index in [0.29, 0.717) is 10.8 Å². The van der Waals surface area contributed by atoms with Crippen molar-refractivity contribution in [2.24, 2.45) is 10.9 Å². The number of ether oxygens (including phenoxy) is 2. The van der Waals surface area contributed by atoms with Gasteiger partial charge in [0.25, 0.3) is 5.91 Å². The second kappa shape index (κ2) is 9.53. The number of carbonyl (C=O) groups is 1. The standard InChI is InChI=1S/C22H22F6N2O5/c1-10-16(12-4-5-13(23)17(25)18(12)34-3)19(35-21(10,2)22(26,27)28)20(32)29-11-6-7-30(33)15(8-11)14(24)9-31/h4-8,10,14,16,19,31,33H,9H2,1-3H3/t10-,14+,16-,19+,21+/m0/s1. The van der Waals surface area contributed by atoms with Crippen LogP contribution in [0.2, 0.25) is 0 Å². The molecule has 1 aliphatic heterocycles. The molecule has 1 aromatic carbocycles. The Balaban J connectivity index is 2.16. The first-order valence-corrected chi connectivity index (χ1v) is 10.3. The van der Waals surface area contributed by atoms with Gasteiger partial charge in [0.1, 0.15) is 6.10 Å². The van der Waals surface area contributed by atoms with Crippen LogP contribution in [0.5, 0.6) is 5.75 Å². The van der Waals surface area contributed by atoms with Gasteiger partial charge in [-0.05, 0) is 25.1 Å². The van der Waals surface area contributed by atoms with Crippen molar-refractivity contribution in [3.8, 4) is 5.75 Å². The molecule has 1 aromatic heterocycles. The first kappa shape index (κ1) is 26.5. The molecule has 5 atom stereocenters. The van der Waals surface area contributed by atoms with Crippen molar-refractivity contribution in [3.63, 3.8) is 0 Å². The number of halogens is 6. The van der Waals surface area contributed by atoms with Gasteiger partial charge in [0.2, 0.25) is 5.82 Å². The van der Waals surface area contributed by atoms with E-state index in [2.05, 4.69) is 4.99 Å². The molecule has 7 nitrogen and oxygen atoms in total. The van der Waals surface area contributed by atoms with Crippen LogP contribution in [-0.4, -0.2) is 52.5 Å². The highest BCUT2D eigenvalue weighted by molar-refractivity contribution is 5.83. The maximum Gasteiger partial charge on any atom is 0.417 e. The second-order valence-electron chi connectivity index (χ2n) is 8.20. The summed E-state index contributed by atoms with van der Waals surface area (Å²) in [6.45, 7) is 0.883. The molecular formula is C22H22F6N2O5. The molecule has 0 unspecified atom stereocenters. The highest BCUT2D eigenvalue weighted by Gasteiger charge is 2.65. The van der Waals surface area contributed by atoms with Gasteiger partial charge in [-0.2, -0.15) is 22.3 Å². The van der Waals surface area contributed by atoms with Gasteiger partial charge in [0.15, 0.2) is 23.3 Å². The molecule has 35 heavy (non-hydrogen) atoms. The monoisotopic (exact) mass is 508 g/mol. The molecule has 1 fully saturated rings. The Hall–Kier alpha value is -3.06. The number of aromatic nitrogens is 1. The Labute approximate surface area is 195 Å². The highest BCUT2D eigenvalue weighted by Crippen LogP contribution is 2.55. The average molecular weight is 508 g/mol. The van der Waals surface area contributed by atoms with Gasteiger partial charge in [0.05, 0.1) is 24.8 Å². The van der Waals surface area contributed by atoms with E-state index in [1.165, 1.54) is 0 Å². The Bertz CT molecular complexity index is 1180. The Morgan fingerprint density at radius 2 is 1.97 bits per heavy atom. The van der Waals surface area contributed by atoms with Crippen molar-refractivity contribution in [3.05, 3.63) is 58.7 Å². The Morgan fingerprint density at radius 3 is 2.54 bits per heavy atom. The molecule has 1 aliphatic rings. The zero-order valence-corrected chi connectivity index (χ0v) is 18.7. The van der Waals surface area contributed by atoms with Gasteiger partial charge < -0.3 is 19.8 Å². The summed E-state index contributed by atoms with van der Waals surface area (Å²) in [5, 5.41) is 18.4. The quantitative estimate of drug-likeness (QED) is 0.476. The Kier molecular flexibility index (Phi) is 7.23. The highest BCUT2D eigenvalue weighted by atomic mass is 19.4. The minimum Gasteiger partial charge on any atom is -0.493 e. The third-order valence-corrected chi connectivity index (χ3v) is 6.22. The maximum absolute atomic E-state index is 14.4. The molecule has 0 saturated carbocycles. The van der Waals surface area contributed by atoms with E-state index >= 15 is 0 Å². The zero-order chi connectivity index (χ0) is 26.3. The lowest BCUT2D eigenvalue weighted by molar-refractivity contribution is -0.272. The molecule has 13 heteroatoms. The van der Waals surface area contributed by atoms with Crippen LogP contribution >= 0.6 is 0 Å². The first-order chi connectivity index (χ1) is 16.3. The summed E-state index contributed by atoms with van der Waals surface area (Å²) in [5.41, 5.74) is -3.56. The minimum absolute atomic E-state index is 0.230. The molecule has 3 rings (SSSR count). The molecule has 0 spiro atoms. The number of aliphatic hydroxyl groups is 1. The molecule has 192 valence electrons. The Morgan fingerprint density at radius 1 is 1.31 bits per heavy atom. The van der Waals surface area contributed by atoms with E-state index in [1.54, 1.807) is 0 Å². The lowest BCUT2D eigenvalue weighted by Gasteiger charge is -2.32. The number of rotatable bonds is 5. The van der Waals surface area contributed by atoms with Crippen LogP contribution in [-0.2, 0) is 9.53 Å². The first-order valence-electron chi connectivity index (χ1n) is 10.3. The number of aliphatic hydroxyl groups excluding tert-OH is 1. The maximum atomic E-state index is 14.4. The van der Waals surface area contributed by atoms with Crippen molar-refractivity contribution in [2.45, 2.75) is 43.8 Å². The summed E-state index contributed by atoms with van der Waals surface area (Å²) in [5.74, 6) is -7.58. The molecule has 0 aliphatic carbocycles. The fourth-order valence-electron chi connectivity index (χ4n) is 4.11. The molecule has 2 heterocycles. The van der Waals surface area contributed by atoms with Crippen LogP contribution in [0.3, 0.4) is 0 Å². The predicted molar refractivity (Wildman–Crippen MR) is 107 cm³/mol. The van der Waals surface area contributed by atoms with Crippen LogP contribution in [0.15, 0.2) is 35.5 Å². The number of benzene rings is 1. The van der Waals surface area contributed by atoms with Crippen LogP contribution < -0.4 is 10.1 Å². The van der Waals surface area contributed by atoms with Crippen molar-refractivity contribution in [1.82, 2.24) is 4.73 Å². The SMILES string of the molecule is COc1c([C@H]2[C@H](C(=O)N=c3ccn(O)c([C@H](F)CO)c3)O[C@@](C)(C(F)(F)F)[C@H]2C)ccc(F)c1F. The summed E-state index contributed by atoms with van der Waals surface area (Å²) in [6, 6.07) is 3.68. The van der Waals surface area contributed by atoms with Crippen molar-refractivity contribution in [2.75, 3.05) is 13.7 Å². The van der Waals surface area contributed by atoms with Crippen molar-refractivity contribution >= 4 is 5.91 Å². The summed E-state index contributed by atoms with van der Waals surface area (Å²) >= 11 is 0. The number of hydrogen-bond acceptors (Lipinski definition) is 5. The van der Waals surface area contributed by atoms with Crippen molar-refractivity contribution < 1.29 is 50.9 Å². The van der Waals surface area contributed by atoms with Crippen LogP contribution in [0.1, 0.15) is 37.2 Å². The molecule has 1 saturated heterocycles. The van der Waals surface area contributed by atoms with Crippen molar-refractivity contribution in [1.29, 1.82) is 0 Å². The van der Waals surface area contributed by atoms with Gasteiger partial charge in [0, 0.05) is 23.6 Å². The third-order valence-electron chi connectivity index (χ3n) is 6.22. The average Bonchev–Trinajstić information content (AvgIpc) is 3.08. The third kappa shape index (κ3) is 4.61. The van der Waals surface area contributed by atoms with Crippen LogP contribution in [0.4, 0.5) is 26.3 Å². The number of carbonyl (C=O) groups excluding carboxylic acids is 1. The van der Waals surface area contributed by atoms with Crippen LogP contribution in [0, 0.1) is 17.6 Å². The summed E-state index contributed by atoms with van der Waals surface area (Å²) in [7, 11) is 0.996. The second-order valence-corrected chi connectivity index (χ2v) is 8.20. The van der Waals surface area contributed by atoms with Gasteiger partial charge in [-0.15, -0.1) is 0 Å². The largest absolute Gasteiger partial charge is 0.493 e. The van der Waals surface area contributed by atoms with E-state index in [-0.39, 0.29) is 10.9 Å². The molecular weight excluding hydrogens is 486 g/mol. The lowest BCUT2D eigenvalue weighted by atomic mass is 9.77. The van der Waals surface area contributed by atoms with Gasteiger partial charge in [-0.3, -0.25) is 4.79 Å². The molecule has 0 bridgehead atoms. The van der Waals surface area contributed by atoms with Gasteiger partial charge in [-0.1, -0.05) is 13.0 Å². The van der Waals surface area contributed by atoms with E-state index in [0.717, 1.165) is 45.4 Å². The lowest BCUT2D eigenvalue weighted by Crippen LogP contribution is -2.47. The normalized spacial score (nSPS) is 26.1. The van der Waals surface area contributed by atoms with Gasteiger partial charge in [-0.25, -0.2) is 13.8 Å². The fraction of sp³-hybridized carbons (Fsp3) is 0.455. The summed E-state index contributed by atoms with van der Waals surface area (Å²) in [6.07, 6.45) is -7.98. The van der Waals surface area contributed by atoms with E-state index in [9.17, 15) is 36.3 Å². The number of alkyl halides is 4. The van der Waals surface area contributed by atoms with E-state index < -0.39 is 71.5 Å². The molecule has 0 radical (unpaired) electrons. The number of pyridine rings is 1.